The second kappa shape index (κ2) is 4.24. The van der Waals surface area contributed by atoms with Gasteiger partial charge in [0.2, 0.25) is 0 Å². The monoisotopic (exact) mass is 268 g/mol. The summed E-state index contributed by atoms with van der Waals surface area (Å²) in [5.74, 6) is 0. The largest absolute Gasteiger partial charge is 0.313 e. The topological polar surface area (TPSA) is 24.1 Å². The van der Waals surface area contributed by atoms with Crippen molar-refractivity contribution in [2.45, 2.75) is 25.4 Å². The van der Waals surface area contributed by atoms with E-state index in [9.17, 15) is 0 Å². The fourth-order valence-corrected chi connectivity index (χ4v) is 2.61. The first-order chi connectivity index (χ1) is 7.08. The van der Waals surface area contributed by atoms with Crippen molar-refractivity contribution in [1.82, 2.24) is 10.6 Å². The van der Waals surface area contributed by atoms with Crippen molar-refractivity contribution < 1.29 is 0 Å². The standard InChI is InChI=1S/C12H17BrN2/c1-12(2)8-14-7-11(15-12)9-5-3-4-6-10(9)13/h3-6,11,14-15H,7-8H2,1-2H3. The van der Waals surface area contributed by atoms with Gasteiger partial charge in [0.1, 0.15) is 0 Å². The van der Waals surface area contributed by atoms with E-state index in [0.717, 1.165) is 13.1 Å². The normalized spacial score (nSPS) is 25.1. The van der Waals surface area contributed by atoms with Crippen LogP contribution in [0, 0.1) is 0 Å². The van der Waals surface area contributed by atoms with Crippen LogP contribution in [-0.2, 0) is 0 Å². The summed E-state index contributed by atoms with van der Waals surface area (Å²) >= 11 is 3.60. The summed E-state index contributed by atoms with van der Waals surface area (Å²) in [4.78, 5) is 0. The fraction of sp³-hybridized carbons (Fsp3) is 0.500. The van der Waals surface area contributed by atoms with E-state index in [1.807, 2.05) is 0 Å². The van der Waals surface area contributed by atoms with Crippen LogP contribution in [0.2, 0.25) is 0 Å². The molecule has 1 fully saturated rings. The molecule has 0 spiro atoms. The molecule has 1 aliphatic rings. The van der Waals surface area contributed by atoms with Crippen LogP contribution >= 0.6 is 15.9 Å². The molecule has 2 rings (SSSR count). The van der Waals surface area contributed by atoms with Gasteiger partial charge in [-0.15, -0.1) is 0 Å². The summed E-state index contributed by atoms with van der Waals surface area (Å²) < 4.78 is 1.18. The van der Waals surface area contributed by atoms with Crippen LogP contribution in [0.25, 0.3) is 0 Å². The lowest BCUT2D eigenvalue weighted by Crippen LogP contribution is -2.56. The molecular weight excluding hydrogens is 252 g/mol. The molecule has 1 heterocycles. The maximum Gasteiger partial charge on any atom is 0.0462 e. The first-order valence-corrected chi connectivity index (χ1v) is 6.11. The van der Waals surface area contributed by atoms with Crippen molar-refractivity contribution >= 4 is 15.9 Å². The maximum atomic E-state index is 3.66. The Bertz CT molecular complexity index is 349. The Morgan fingerprint density at radius 1 is 1.33 bits per heavy atom. The molecule has 1 atom stereocenters. The SMILES string of the molecule is CC1(C)CNCC(c2ccccc2Br)N1. The Morgan fingerprint density at radius 3 is 2.73 bits per heavy atom. The Hall–Kier alpha value is -0.380. The number of benzene rings is 1. The smallest absolute Gasteiger partial charge is 0.0462 e. The highest BCUT2D eigenvalue weighted by atomic mass is 79.9. The van der Waals surface area contributed by atoms with Crippen LogP contribution in [-0.4, -0.2) is 18.6 Å². The van der Waals surface area contributed by atoms with Gasteiger partial charge in [-0.05, 0) is 25.5 Å². The predicted octanol–water partition coefficient (Wildman–Crippen LogP) is 2.46. The molecule has 82 valence electrons. The maximum absolute atomic E-state index is 3.66. The third-order valence-electron chi connectivity index (χ3n) is 2.76. The van der Waals surface area contributed by atoms with Crippen LogP contribution in [0.4, 0.5) is 0 Å². The minimum absolute atomic E-state index is 0.165. The zero-order valence-corrected chi connectivity index (χ0v) is 10.8. The highest BCUT2D eigenvalue weighted by Gasteiger charge is 2.28. The molecule has 3 heteroatoms. The lowest BCUT2D eigenvalue weighted by molar-refractivity contribution is 0.264. The molecule has 0 amide bonds. The van der Waals surface area contributed by atoms with Gasteiger partial charge >= 0.3 is 0 Å². The molecular formula is C12H17BrN2. The zero-order chi connectivity index (χ0) is 10.9. The van der Waals surface area contributed by atoms with Gasteiger partial charge in [0.25, 0.3) is 0 Å². The van der Waals surface area contributed by atoms with Gasteiger partial charge in [0, 0.05) is 29.1 Å². The summed E-state index contributed by atoms with van der Waals surface area (Å²) in [7, 11) is 0. The number of rotatable bonds is 1. The second-order valence-electron chi connectivity index (χ2n) is 4.73. The summed E-state index contributed by atoms with van der Waals surface area (Å²) in [5, 5.41) is 7.12. The van der Waals surface area contributed by atoms with Crippen molar-refractivity contribution in [2.24, 2.45) is 0 Å². The van der Waals surface area contributed by atoms with Crippen molar-refractivity contribution in [3.63, 3.8) is 0 Å². The van der Waals surface area contributed by atoms with Gasteiger partial charge in [-0.1, -0.05) is 34.1 Å². The Balaban J connectivity index is 2.21. The lowest BCUT2D eigenvalue weighted by atomic mass is 9.96. The van der Waals surface area contributed by atoms with Crippen LogP contribution in [0.5, 0.6) is 0 Å². The van der Waals surface area contributed by atoms with E-state index >= 15 is 0 Å². The number of hydrogen-bond acceptors (Lipinski definition) is 2. The molecule has 1 unspecified atom stereocenters. The van der Waals surface area contributed by atoms with Crippen LogP contribution in [0.1, 0.15) is 25.5 Å². The summed E-state index contributed by atoms with van der Waals surface area (Å²) in [6, 6.07) is 8.80. The van der Waals surface area contributed by atoms with Gasteiger partial charge in [-0.25, -0.2) is 0 Å². The molecule has 1 aliphatic heterocycles. The summed E-state index contributed by atoms with van der Waals surface area (Å²) in [6.07, 6.45) is 0. The molecule has 0 radical (unpaired) electrons. The summed E-state index contributed by atoms with van der Waals surface area (Å²) in [5.41, 5.74) is 1.50. The Morgan fingerprint density at radius 2 is 2.07 bits per heavy atom. The highest BCUT2D eigenvalue weighted by Crippen LogP contribution is 2.26. The first-order valence-electron chi connectivity index (χ1n) is 5.31. The van der Waals surface area contributed by atoms with Gasteiger partial charge in [-0.2, -0.15) is 0 Å². The highest BCUT2D eigenvalue weighted by molar-refractivity contribution is 9.10. The van der Waals surface area contributed by atoms with E-state index in [-0.39, 0.29) is 5.54 Å². The average Bonchev–Trinajstić information content (AvgIpc) is 2.17. The van der Waals surface area contributed by atoms with Gasteiger partial charge < -0.3 is 10.6 Å². The molecule has 0 aromatic heterocycles. The van der Waals surface area contributed by atoms with Crippen molar-refractivity contribution in [3.8, 4) is 0 Å². The predicted molar refractivity (Wildman–Crippen MR) is 67.0 cm³/mol. The zero-order valence-electron chi connectivity index (χ0n) is 9.18. The van der Waals surface area contributed by atoms with Gasteiger partial charge in [-0.3, -0.25) is 0 Å². The van der Waals surface area contributed by atoms with Crippen molar-refractivity contribution in [3.05, 3.63) is 34.3 Å². The summed E-state index contributed by atoms with van der Waals surface area (Å²) in [6.45, 7) is 6.46. The lowest BCUT2D eigenvalue weighted by Gasteiger charge is -2.38. The first kappa shape index (κ1) is 11.1. The average molecular weight is 269 g/mol. The molecule has 1 saturated heterocycles. The van der Waals surface area contributed by atoms with E-state index in [1.165, 1.54) is 10.0 Å². The van der Waals surface area contributed by atoms with Gasteiger partial charge in [0.15, 0.2) is 0 Å². The van der Waals surface area contributed by atoms with E-state index in [2.05, 4.69) is 64.7 Å². The molecule has 1 aromatic rings. The van der Waals surface area contributed by atoms with E-state index < -0.39 is 0 Å². The second-order valence-corrected chi connectivity index (χ2v) is 5.59. The van der Waals surface area contributed by atoms with Crippen LogP contribution < -0.4 is 10.6 Å². The van der Waals surface area contributed by atoms with E-state index in [1.54, 1.807) is 0 Å². The number of nitrogens with one attached hydrogen (secondary N) is 2. The van der Waals surface area contributed by atoms with Crippen molar-refractivity contribution in [1.29, 1.82) is 0 Å². The number of piperazine rings is 1. The number of hydrogen-bond donors (Lipinski definition) is 2. The molecule has 2 N–H and O–H groups in total. The van der Waals surface area contributed by atoms with Crippen molar-refractivity contribution in [2.75, 3.05) is 13.1 Å². The number of halogens is 1. The Labute approximate surface area is 99.6 Å². The van der Waals surface area contributed by atoms with E-state index in [0.29, 0.717) is 6.04 Å². The molecule has 1 aromatic carbocycles. The molecule has 15 heavy (non-hydrogen) atoms. The third-order valence-corrected chi connectivity index (χ3v) is 3.48. The van der Waals surface area contributed by atoms with E-state index in [4.69, 9.17) is 0 Å². The molecule has 2 nitrogen and oxygen atoms in total. The fourth-order valence-electron chi connectivity index (χ4n) is 2.05. The minimum atomic E-state index is 0.165. The van der Waals surface area contributed by atoms with Crippen LogP contribution in [0.15, 0.2) is 28.7 Å². The molecule has 0 aliphatic carbocycles. The van der Waals surface area contributed by atoms with Crippen LogP contribution in [0.3, 0.4) is 0 Å². The van der Waals surface area contributed by atoms with Gasteiger partial charge in [0.05, 0.1) is 0 Å². The molecule has 0 saturated carbocycles. The third kappa shape index (κ3) is 2.60. The molecule has 0 bridgehead atoms. The quantitative estimate of drug-likeness (QED) is 0.818. The minimum Gasteiger partial charge on any atom is -0.313 e. The Kier molecular flexibility index (Phi) is 3.14.